The predicted octanol–water partition coefficient (Wildman–Crippen LogP) is 5.08. The van der Waals surface area contributed by atoms with Gasteiger partial charge in [-0.2, -0.15) is 5.09 Å². The fourth-order valence-corrected chi connectivity index (χ4v) is 7.48. The normalized spacial score (nSPS) is 20.9. The molecule has 49 heavy (non-hydrogen) atoms. The van der Waals surface area contributed by atoms with Gasteiger partial charge in [0, 0.05) is 12.3 Å². The number of anilines is 1. The molecule has 7 rings (SSSR count). The number of ether oxygens (including phenoxy) is 2. The van der Waals surface area contributed by atoms with Gasteiger partial charge >= 0.3 is 13.7 Å². The molecule has 14 heteroatoms. The molecule has 0 bridgehead atoms. The number of para-hydroxylation sites is 1. The number of nitrogens with zero attached hydrogens (tertiary/aromatic N) is 4. The molecule has 2 aromatic heterocycles. The van der Waals surface area contributed by atoms with Crippen LogP contribution < -0.4 is 15.3 Å². The number of rotatable bonds is 14. The minimum absolute atomic E-state index is 0.0253. The summed E-state index contributed by atoms with van der Waals surface area (Å²) in [7, 11) is -4.37. The highest BCUT2D eigenvalue weighted by Crippen LogP contribution is 2.50. The van der Waals surface area contributed by atoms with Gasteiger partial charge in [-0.15, -0.1) is 0 Å². The van der Waals surface area contributed by atoms with Crippen molar-refractivity contribution in [2.45, 2.75) is 62.7 Å². The standard InChI is InChI=1S/C35H37N6O7P/c36-32-31-34(39-33(38-32)25-16-17-25)41(22-37-31)30-19-28(29(20-42)46-30)48-49(44,47-26-14-8-3-9-15-26)40-27(18-23-10-4-1-5-11-23)35(43)45-21-24-12-6-2-7-13-24/h1-15,22,25,27-30,42H,16-21H2,(H,40,44)(H2,36,38,39)/t27-,28?,29+,30+,49?/m0/s1. The Hall–Kier alpha value is -4.65. The molecular weight excluding hydrogens is 647 g/mol. The van der Waals surface area contributed by atoms with Crippen molar-refractivity contribution in [2.24, 2.45) is 0 Å². The van der Waals surface area contributed by atoms with Crippen molar-refractivity contribution in [3.05, 3.63) is 114 Å². The molecule has 3 aromatic carbocycles. The number of hydrogen-bond acceptors (Lipinski definition) is 11. The summed E-state index contributed by atoms with van der Waals surface area (Å²) in [5, 5.41) is 13.3. The fraction of sp³-hybridized carbons (Fsp3) is 0.314. The van der Waals surface area contributed by atoms with Gasteiger partial charge in [0.2, 0.25) is 0 Å². The molecule has 5 aromatic rings. The molecule has 254 valence electrons. The number of nitrogen functional groups attached to an aromatic ring is 1. The summed E-state index contributed by atoms with van der Waals surface area (Å²) in [6.07, 6.45) is 1.35. The van der Waals surface area contributed by atoms with Gasteiger partial charge in [0.15, 0.2) is 11.5 Å². The number of nitrogens with two attached hydrogens (primary N) is 1. The number of nitrogens with one attached hydrogen (secondary N) is 1. The summed E-state index contributed by atoms with van der Waals surface area (Å²) in [4.78, 5) is 27.2. The van der Waals surface area contributed by atoms with Gasteiger partial charge in [-0.3, -0.25) is 13.9 Å². The van der Waals surface area contributed by atoms with Gasteiger partial charge in [0.05, 0.1) is 12.9 Å². The Labute approximate surface area is 283 Å². The number of hydrogen-bond donors (Lipinski definition) is 3. The molecule has 5 atom stereocenters. The number of carbonyl (C=O) groups excluding carboxylic acids is 1. The molecule has 4 N–H and O–H groups in total. The molecule has 2 unspecified atom stereocenters. The van der Waals surface area contributed by atoms with Crippen LogP contribution in [0.25, 0.3) is 11.2 Å². The lowest BCUT2D eigenvalue weighted by atomic mass is 10.1. The SMILES string of the molecule is Nc1nc(C2CC2)nc2c1ncn2[C@H]1CC(OP(=O)(N[C@@H](Cc2ccccc2)C(=O)OCc2ccccc2)Oc2ccccc2)[C@@H](CO)O1. The molecule has 1 saturated carbocycles. The van der Waals surface area contributed by atoms with Crippen LogP contribution in [0, 0.1) is 0 Å². The van der Waals surface area contributed by atoms with Crippen LogP contribution in [0.5, 0.6) is 5.75 Å². The molecule has 1 saturated heterocycles. The van der Waals surface area contributed by atoms with Crippen LogP contribution in [0.1, 0.15) is 48.4 Å². The lowest BCUT2D eigenvalue weighted by Crippen LogP contribution is -2.41. The zero-order valence-corrected chi connectivity index (χ0v) is 27.5. The quantitative estimate of drug-likeness (QED) is 0.105. The highest BCUT2D eigenvalue weighted by molar-refractivity contribution is 7.52. The van der Waals surface area contributed by atoms with Gasteiger partial charge in [-0.05, 0) is 42.5 Å². The van der Waals surface area contributed by atoms with Crippen LogP contribution in [-0.4, -0.2) is 55.5 Å². The van der Waals surface area contributed by atoms with Crippen LogP contribution >= 0.6 is 7.75 Å². The van der Waals surface area contributed by atoms with E-state index < -0.39 is 44.8 Å². The molecule has 0 amide bonds. The van der Waals surface area contributed by atoms with Gasteiger partial charge in [-0.1, -0.05) is 78.9 Å². The Morgan fingerprint density at radius 1 is 1.00 bits per heavy atom. The molecule has 13 nitrogen and oxygen atoms in total. The Bertz CT molecular complexity index is 1930. The molecule has 2 aliphatic rings. The summed E-state index contributed by atoms with van der Waals surface area (Å²) < 4.78 is 40.7. The summed E-state index contributed by atoms with van der Waals surface area (Å²) in [6.45, 7) is -0.409. The number of fused-ring (bicyclic) bond motifs is 1. The Kier molecular flexibility index (Phi) is 9.70. The Morgan fingerprint density at radius 2 is 1.67 bits per heavy atom. The maximum absolute atomic E-state index is 14.8. The lowest BCUT2D eigenvalue weighted by Gasteiger charge is -2.28. The number of benzene rings is 3. The van der Waals surface area contributed by atoms with Gasteiger partial charge in [-0.25, -0.2) is 19.5 Å². The molecular formula is C35H37N6O7P. The van der Waals surface area contributed by atoms with Crippen LogP contribution in [0.2, 0.25) is 0 Å². The first-order valence-corrected chi connectivity index (χ1v) is 17.7. The first kappa shape index (κ1) is 32.9. The average Bonchev–Trinajstić information content (AvgIpc) is 3.76. The maximum Gasteiger partial charge on any atom is 0.459 e. The third-order valence-electron chi connectivity index (χ3n) is 8.43. The van der Waals surface area contributed by atoms with Gasteiger partial charge in [0.1, 0.15) is 48.2 Å². The van der Waals surface area contributed by atoms with Crippen molar-refractivity contribution in [1.29, 1.82) is 0 Å². The van der Waals surface area contributed by atoms with E-state index in [2.05, 4.69) is 15.1 Å². The van der Waals surface area contributed by atoms with E-state index >= 15 is 0 Å². The number of aliphatic hydroxyl groups is 1. The zero-order chi connectivity index (χ0) is 33.8. The Balaban J connectivity index is 1.16. The monoisotopic (exact) mass is 684 g/mol. The Morgan fingerprint density at radius 3 is 2.35 bits per heavy atom. The topological polar surface area (TPSA) is 173 Å². The first-order chi connectivity index (χ1) is 23.9. The van der Waals surface area contributed by atoms with Crippen molar-refractivity contribution < 1.29 is 33.0 Å². The highest BCUT2D eigenvalue weighted by Gasteiger charge is 2.45. The molecule has 1 aliphatic carbocycles. The third kappa shape index (κ3) is 7.82. The third-order valence-corrected chi connectivity index (χ3v) is 10.1. The highest BCUT2D eigenvalue weighted by atomic mass is 31.2. The smallest absolute Gasteiger partial charge is 0.459 e. The van der Waals surface area contributed by atoms with Crippen molar-refractivity contribution >= 4 is 30.7 Å². The van der Waals surface area contributed by atoms with E-state index in [9.17, 15) is 14.5 Å². The van der Waals surface area contributed by atoms with Crippen molar-refractivity contribution in [1.82, 2.24) is 24.6 Å². The summed E-state index contributed by atoms with van der Waals surface area (Å²) in [5.74, 6) is 0.816. The van der Waals surface area contributed by atoms with E-state index in [1.165, 1.54) is 0 Å². The first-order valence-electron chi connectivity index (χ1n) is 16.2. The fourth-order valence-electron chi connectivity index (χ4n) is 5.77. The van der Waals surface area contributed by atoms with E-state index in [1.54, 1.807) is 41.2 Å². The minimum atomic E-state index is -4.37. The number of aromatic nitrogens is 4. The molecule has 0 spiro atoms. The summed E-state index contributed by atoms with van der Waals surface area (Å²) in [6, 6.07) is 26.0. The molecule has 0 radical (unpaired) electrons. The van der Waals surface area contributed by atoms with Crippen LogP contribution in [0.15, 0.2) is 97.3 Å². The zero-order valence-electron chi connectivity index (χ0n) is 26.6. The number of carbonyl (C=O) groups is 1. The summed E-state index contributed by atoms with van der Waals surface area (Å²) >= 11 is 0. The molecule has 3 heterocycles. The number of imidazole rings is 1. The second-order valence-corrected chi connectivity index (χ2v) is 13.8. The molecule has 1 aliphatic heterocycles. The van der Waals surface area contributed by atoms with E-state index in [1.807, 2.05) is 60.7 Å². The van der Waals surface area contributed by atoms with E-state index in [0.717, 1.165) is 24.0 Å². The maximum atomic E-state index is 14.8. The minimum Gasteiger partial charge on any atom is -0.460 e. The van der Waals surface area contributed by atoms with Crippen LogP contribution in [0.3, 0.4) is 0 Å². The largest absolute Gasteiger partial charge is 0.460 e. The van der Waals surface area contributed by atoms with Gasteiger partial charge < -0.3 is 24.8 Å². The molecule has 2 fully saturated rings. The van der Waals surface area contributed by atoms with Gasteiger partial charge in [0.25, 0.3) is 0 Å². The average molecular weight is 685 g/mol. The second kappa shape index (κ2) is 14.5. The van der Waals surface area contributed by atoms with E-state index in [4.69, 9.17) is 29.2 Å². The van der Waals surface area contributed by atoms with E-state index in [-0.39, 0.29) is 36.9 Å². The van der Waals surface area contributed by atoms with Crippen molar-refractivity contribution in [2.75, 3.05) is 12.3 Å². The van der Waals surface area contributed by atoms with E-state index in [0.29, 0.717) is 17.0 Å². The second-order valence-electron chi connectivity index (χ2n) is 12.1. The van der Waals surface area contributed by atoms with Crippen molar-refractivity contribution in [3.63, 3.8) is 0 Å². The van der Waals surface area contributed by atoms with Crippen LogP contribution in [-0.2, 0) is 36.4 Å². The lowest BCUT2D eigenvalue weighted by molar-refractivity contribution is -0.147. The number of aliphatic hydroxyl groups excluding tert-OH is 1. The number of esters is 1. The summed E-state index contributed by atoms with van der Waals surface area (Å²) in [5.41, 5.74) is 8.77. The van der Waals surface area contributed by atoms with Crippen molar-refractivity contribution in [3.8, 4) is 5.75 Å². The van der Waals surface area contributed by atoms with Crippen LogP contribution in [0.4, 0.5) is 5.82 Å². The predicted molar refractivity (Wildman–Crippen MR) is 180 cm³/mol.